The second-order valence-electron chi connectivity index (χ2n) is 5.05. The number of nitrogens with zero attached hydrogens (tertiary/aromatic N) is 1. The zero-order chi connectivity index (χ0) is 13.0. The molecule has 1 aromatic rings. The van der Waals surface area contributed by atoms with E-state index in [0.717, 1.165) is 6.54 Å². The van der Waals surface area contributed by atoms with Crippen LogP contribution in [0.25, 0.3) is 0 Å². The number of rotatable bonds is 5. The third-order valence-electron chi connectivity index (χ3n) is 3.66. The lowest BCUT2D eigenvalue weighted by Gasteiger charge is -2.34. The molecule has 0 atom stereocenters. The Morgan fingerprint density at radius 3 is 2.83 bits per heavy atom. The predicted molar refractivity (Wildman–Crippen MR) is 68.8 cm³/mol. The molecule has 1 aliphatic rings. The molecule has 0 radical (unpaired) electrons. The Labute approximate surface area is 107 Å². The highest BCUT2D eigenvalue weighted by molar-refractivity contribution is 5.81. The van der Waals surface area contributed by atoms with Gasteiger partial charge in [-0.1, -0.05) is 0 Å². The third kappa shape index (κ3) is 2.91. The Morgan fingerprint density at radius 1 is 1.56 bits per heavy atom. The van der Waals surface area contributed by atoms with E-state index in [-0.39, 0.29) is 5.91 Å². The van der Waals surface area contributed by atoms with Gasteiger partial charge in [-0.2, -0.15) is 0 Å². The molecular formula is C13H21N3O2. The van der Waals surface area contributed by atoms with Crippen LogP contribution in [0.5, 0.6) is 0 Å². The molecule has 5 nitrogen and oxygen atoms in total. The van der Waals surface area contributed by atoms with Crippen molar-refractivity contribution in [1.29, 1.82) is 0 Å². The van der Waals surface area contributed by atoms with Gasteiger partial charge < -0.3 is 20.4 Å². The van der Waals surface area contributed by atoms with E-state index < -0.39 is 5.41 Å². The van der Waals surface area contributed by atoms with Crippen LogP contribution in [-0.4, -0.2) is 30.2 Å². The summed E-state index contributed by atoms with van der Waals surface area (Å²) in [5.41, 5.74) is 6.32. The van der Waals surface area contributed by atoms with Gasteiger partial charge in [-0.05, 0) is 24.5 Å². The number of hydrogen-bond donors (Lipinski definition) is 2. The number of amides is 1. The molecule has 1 aromatic heterocycles. The van der Waals surface area contributed by atoms with Gasteiger partial charge in [0.25, 0.3) is 0 Å². The molecule has 2 heterocycles. The maximum Gasteiger partial charge on any atom is 0.225 e. The van der Waals surface area contributed by atoms with Crippen molar-refractivity contribution < 1.29 is 9.53 Å². The van der Waals surface area contributed by atoms with Gasteiger partial charge in [0.2, 0.25) is 5.91 Å². The van der Waals surface area contributed by atoms with Gasteiger partial charge in [0.05, 0.1) is 5.41 Å². The summed E-state index contributed by atoms with van der Waals surface area (Å²) in [6.07, 6.45) is 5.50. The summed E-state index contributed by atoms with van der Waals surface area (Å²) in [4.78, 5) is 11.6. The van der Waals surface area contributed by atoms with Crippen molar-refractivity contribution in [3.8, 4) is 0 Å². The van der Waals surface area contributed by atoms with Crippen LogP contribution in [0.3, 0.4) is 0 Å². The summed E-state index contributed by atoms with van der Waals surface area (Å²) in [6, 6.07) is 2.06. The van der Waals surface area contributed by atoms with Gasteiger partial charge in [-0.3, -0.25) is 4.79 Å². The van der Waals surface area contributed by atoms with Crippen LogP contribution >= 0.6 is 0 Å². The molecule has 1 aliphatic heterocycles. The highest BCUT2D eigenvalue weighted by Gasteiger charge is 2.37. The minimum absolute atomic E-state index is 0.216. The highest BCUT2D eigenvalue weighted by Crippen LogP contribution is 2.29. The van der Waals surface area contributed by atoms with Crippen molar-refractivity contribution in [2.75, 3.05) is 19.8 Å². The van der Waals surface area contributed by atoms with Crippen LogP contribution in [0.4, 0.5) is 0 Å². The van der Waals surface area contributed by atoms with Crippen molar-refractivity contribution in [2.45, 2.75) is 19.4 Å². The zero-order valence-electron chi connectivity index (χ0n) is 10.8. The normalized spacial score (nSPS) is 18.7. The van der Waals surface area contributed by atoms with Crippen LogP contribution in [0.15, 0.2) is 18.5 Å². The van der Waals surface area contributed by atoms with Gasteiger partial charge >= 0.3 is 0 Å². The molecule has 0 aromatic carbocycles. The molecule has 0 unspecified atom stereocenters. The van der Waals surface area contributed by atoms with E-state index in [1.54, 1.807) is 0 Å². The standard InChI is InChI=1S/C13H21N3O2/c1-16-5-2-11(9-16)8-15-10-13(12(14)17)3-6-18-7-4-13/h2,5,9,15H,3-4,6-8,10H2,1H3,(H2,14,17). The van der Waals surface area contributed by atoms with Crippen molar-refractivity contribution >= 4 is 5.91 Å². The first-order chi connectivity index (χ1) is 8.62. The van der Waals surface area contributed by atoms with Crippen LogP contribution in [-0.2, 0) is 23.1 Å². The van der Waals surface area contributed by atoms with Gasteiger partial charge in [0, 0.05) is 45.7 Å². The summed E-state index contributed by atoms with van der Waals surface area (Å²) in [6.45, 7) is 2.63. The Morgan fingerprint density at radius 2 is 2.28 bits per heavy atom. The number of nitrogens with one attached hydrogen (secondary N) is 1. The molecule has 18 heavy (non-hydrogen) atoms. The number of aryl methyl sites for hydroxylation is 1. The van der Waals surface area contributed by atoms with Gasteiger partial charge in [-0.15, -0.1) is 0 Å². The lowest BCUT2D eigenvalue weighted by Crippen LogP contribution is -2.48. The van der Waals surface area contributed by atoms with Crippen LogP contribution in [0, 0.1) is 5.41 Å². The molecular weight excluding hydrogens is 230 g/mol. The van der Waals surface area contributed by atoms with E-state index in [2.05, 4.69) is 17.6 Å². The van der Waals surface area contributed by atoms with E-state index in [4.69, 9.17) is 10.5 Å². The molecule has 0 bridgehead atoms. The van der Waals surface area contributed by atoms with Crippen molar-refractivity contribution in [2.24, 2.45) is 18.2 Å². The summed E-state index contributed by atoms with van der Waals surface area (Å²) in [5.74, 6) is -0.216. The fourth-order valence-corrected chi connectivity index (χ4v) is 2.38. The largest absolute Gasteiger partial charge is 0.381 e. The quantitative estimate of drug-likeness (QED) is 0.795. The van der Waals surface area contributed by atoms with Crippen molar-refractivity contribution in [3.63, 3.8) is 0 Å². The van der Waals surface area contributed by atoms with Gasteiger partial charge in [-0.25, -0.2) is 0 Å². The predicted octanol–water partition coefficient (Wildman–Crippen LogP) is 0.397. The van der Waals surface area contributed by atoms with Crippen LogP contribution < -0.4 is 11.1 Å². The maximum absolute atomic E-state index is 11.6. The number of ether oxygens (including phenoxy) is 1. The van der Waals surface area contributed by atoms with Crippen molar-refractivity contribution in [3.05, 3.63) is 24.0 Å². The minimum atomic E-state index is -0.437. The fourth-order valence-electron chi connectivity index (χ4n) is 2.38. The van der Waals surface area contributed by atoms with Gasteiger partial charge in [0.15, 0.2) is 0 Å². The lowest BCUT2D eigenvalue weighted by molar-refractivity contribution is -0.132. The lowest BCUT2D eigenvalue weighted by atomic mass is 9.79. The number of carbonyl (C=O) groups is 1. The average Bonchev–Trinajstić information content (AvgIpc) is 2.76. The summed E-state index contributed by atoms with van der Waals surface area (Å²) in [5, 5.41) is 3.34. The van der Waals surface area contributed by atoms with Crippen molar-refractivity contribution in [1.82, 2.24) is 9.88 Å². The molecule has 2 rings (SSSR count). The fraction of sp³-hybridized carbons (Fsp3) is 0.615. The first-order valence-electron chi connectivity index (χ1n) is 6.32. The molecule has 0 aliphatic carbocycles. The zero-order valence-corrected chi connectivity index (χ0v) is 10.8. The SMILES string of the molecule is Cn1ccc(CNCC2(C(N)=O)CCOCC2)c1. The summed E-state index contributed by atoms with van der Waals surface area (Å²) < 4.78 is 7.31. The smallest absolute Gasteiger partial charge is 0.225 e. The first-order valence-corrected chi connectivity index (χ1v) is 6.32. The first kappa shape index (κ1) is 13.1. The van der Waals surface area contributed by atoms with E-state index >= 15 is 0 Å². The number of primary amides is 1. The molecule has 3 N–H and O–H groups in total. The molecule has 0 spiro atoms. The second-order valence-corrected chi connectivity index (χ2v) is 5.05. The van der Waals surface area contributed by atoms with Crippen LogP contribution in [0.1, 0.15) is 18.4 Å². The Kier molecular flexibility index (Phi) is 4.04. The average molecular weight is 251 g/mol. The number of carbonyl (C=O) groups excluding carboxylic acids is 1. The second kappa shape index (κ2) is 5.54. The van der Waals surface area contributed by atoms with E-state index in [0.29, 0.717) is 32.6 Å². The molecule has 1 amide bonds. The Hall–Kier alpha value is -1.33. The summed E-state index contributed by atoms with van der Waals surface area (Å²) in [7, 11) is 1.99. The van der Waals surface area contributed by atoms with Crippen LogP contribution in [0.2, 0.25) is 0 Å². The molecule has 1 fully saturated rings. The van der Waals surface area contributed by atoms with E-state index in [9.17, 15) is 4.79 Å². The molecule has 100 valence electrons. The number of hydrogen-bond acceptors (Lipinski definition) is 3. The molecule has 0 saturated carbocycles. The molecule has 1 saturated heterocycles. The van der Waals surface area contributed by atoms with E-state index in [1.807, 2.05) is 17.8 Å². The topological polar surface area (TPSA) is 69.3 Å². The minimum Gasteiger partial charge on any atom is -0.381 e. The molecule has 5 heteroatoms. The number of nitrogens with two attached hydrogens (primary N) is 1. The van der Waals surface area contributed by atoms with E-state index in [1.165, 1.54) is 5.56 Å². The Bertz CT molecular complexity index is 408. The monoisotopic (exact) mass is 251 g/mol. The highest BCUT2D eigenvalue weighted by atomic mass is 16.5. The van der Waals surface area contributed by atoms with Gasteiger partial charge in [0.1, 0.15) is 0 Å². The third-order valence-corrected chi connectivity index (χ3v) is 3.66. The number of aromatic nitrogens is 1. The maximum atomic E-state index is 11.6. The summed E-state index contributed by atoms with van der Waals surface area (Å²) >= 11 is 0. The Balaban J connectivity index is 1.88.